The smallest absolute Gasteiger partial charge is 0.266 e. The van der Waals surface area contributed by atoms with Crippen LogP contribution in [0, 0.1) is 11.3 Å². The van der Waals surface area contributed by atoms with Crippen LogP contribution >= 0.6 is 15.9 Å². The molecule has 1 N–H and O–H groups in total. The first-order valence-electron chi connectivity index (χ1n) is 5.42. The van der Waals surface area contributed by atoms with Gasteiger partial charge in [-0.25, -0.2) is 0 Å². The molecule has 5 heteroatoms. The molecule has 19 heavy (non-hydrogen) atoms. The van der Waals surface area contributed by atoms with E-state index in [4.69, 9.17) is 9.68 Å². The van der Waals surface area contributed by atoms with Crippen LogP contribution in [0.3, 0.4) is 0 Å². The third-order valence-corrected chi connectivity index (χ3v) is 2.70. The van der Waals surface area contributed by atoms with Crippen molar-refractivity contribution in [3.63, 3.8) is 0 Å². The Morgan fingerprint density at radius 3 is 2.58 bits per heavy atom. The van der Waals surface area contributed by atoms with Crippen molar-refractivity contribution in [3.8, 4) is 6.07 Å². The third-order valence-electron chi connectivity index (χ3n) is 2.28. The SMILES string of the molecule is N#C/C(=C/c1ccc(Br)o1)C(=O)Nc1ccccc1. The zero-order valence-corrected chi connectivity index (χ0v) is 11.3. The van der Waals surface area contributed by atoms with Crippen LogP contribution in [-0.2, 0) is 4.79 Å². The van der Waals surface area contributed by atoms with Gasteiger partial charge in [-0.1, -0.05) is 18.2 Å². The fraction of sp³-hybridized carbons (Fsp3) is 0. The predicted molar refractivity (Wildman–Crippen MR) is 75.1 cm³/mol. The van der Waals surface area contributed by atoms with Crippen LogP contribution in [-0.4, -0.2) is 5.91 Å². The number of benzene rings is 1. The van der Waals surface area contributed by atoms with Crippen molar-refractivity contribution >= 4 is 33.6 Å². The number of furan rings is 1. The summed E-state index contributed by atoms with van der Waals surface area (Å²) in [5, 5.41) is 11.6. The lowest BCUT2D eigenvalue weighted by atomic mass is 10.2. The number of nitrogens with zero attached hydrogens (tertiary/aromatic N) is 1. The minimum Gasteiger partial charge on any atom is -0.450 e. The van der Waals surface area contributed by atoms with Gasteiger partial charge in [0, 0.05) is 11.8 Å². The number of hydrogen-bond acceptors (Lipinski definition) is 3. The normalized spacial score (nSPS) is 10.8. The second-order valence-electron chi connectivity index (χ2n) is 3.63. The lowest BCUT2D eigenvalue weighted by Gasteiger charge is -2.02. The van der Waals surface area contributed by atoms with E-state index in [0.29, 0.717) is 16.1 Å². The number of nitrogens with one attached hydrogen (secondary N) is 1. The summed E-state index contributed by atoms with van der Waals surface area (Å²) < 4.78 is 5.77. The molecule has 1 amide bonds. The van der Waals surface area contributed by atoms with Crippen LogP contribution in [0.5, 0.6) is 0 Å². The van der Waals surface area contributed by atoms with Gasteiger partial charge in [-0.15, -0.1) is 0 Å². The molecule has 0 spiro atoms. The van der Waals surface area contributed by atoms with Gasteiger partial charge in [-0.05, 0) is 40.2 Å². The van der Waals surface area contributed by atoms with Crippen LogP contribution in [0.2, 0.25) is 0 Å². The summed E-state index contributed by atoms with van der Waals surface area (Å²) in [5.41, 5.74) is 0.611. The van der Waals surface area contributed by atoms with Gasteiger partial charge < -0.3 is 9.73 Å². The molecule has 4 nitrogen and oxygen atoms in total. The average molecular weight is 317 g/mol. The summed E-state index contributed by atoms with van der Waals surface area (Å²) in [4.78, 5) is 11.9. The number of carbonyl (C=O) groups is 1. The van der Waals surface area contributed by atoms with Gasteiger partial charge in [0.1, 0.15) is 17.4 Å². The number of halogens is 1. The number of para-hydroxylation sites is 1. The summed E-state index contributed by atoms with van der Waals surface area (Å²) >= 11 is 3.16. The fourth-order valence-electron chi connectivity index (χ4n) is 1.42. The van der Waals surface area contributed by atoms with E-state index in [1.165, 1.54) is 6.08 Å². The molecule has 1 aromatic carbocycles. The number of rotatable bonds is 3. The summed E-state index contributed by atoms with van der Waals surface area (Å²) in [6.45, 7) is 0. The molecular weight excluding hydrogens is 308 g/mol. The maximum Gasteiger partial charge on any atom is 0.266 e. The molecule has 1 aromatic heterocycles. The van der Waals surface area contributed by atoms with Gasteiger partial charge in [0.2, 0.25) is 0 Å². The van der Waals surface area contributed by atoms with Crippen LogP contribution in [0.4, 0.5) is 5.69 Å². The van der Waals surface area contributed by atoms with E-state index in [0.717, 1.165) is 0 Å². The van der Waals surface area contributed by atoms with Crippen LogP contribution < -0.4 is 5.32 Å². The first-order chi connectivity index (χ1) is 9.19. The van der Waals surface area contributed by atoms with Crippen molar-refractivity contribution in [3.05, 3.63) is 58.5 Å². The van der Waals surface area contributed by atoms with Gasteiger partial charge >= 0.3 is 0 Å². The fourth-order valence-corrected chi connectivity index (χ4v) is 1.74. The average Bonchev–Trinajstić information content (AvgIpc) is 2.82. The van der Waals surface area contributed by atoms with Crippen molar-refractivity contribution in [2.24, 2.45) is 0 Å². The Labute approximate surface area is 118 Å². The minimum absolute atomic E-state index is 0.0225. The molecule has 0 aliphatic carbocycles. The zero-order valence-electron chi connectivity index (χ0n) is 9.76. The van der Waals surface area contributed by atoms with E-state index < -0.39 is 5.91 Å². The summed E-state index contributed by atoms with van der Waals surface area (Å²) in [6, 6.07) is 14.1. The number of carbonyl (C=O) groups excluding carboxylic acids is 1. The molecule has 0 radical (unpaired) electrons. The van der Waals surface area contributed by atoms with E-state index in [9.17, 15) is 4.79 Å². The molecule has 0 fully saturated rings. The number of hydrogen-bond donors (Lipinski definition) is 1. The molecule has 2 rings (SSSR count). The first kappa shape index (κ1) is 13.1. The minimum atomic E-state index is -0.471. The lowest BCUT2D eigenvalue weighted by molar-refractivity contribution is -0.112. The van der Waals surface area contributed by atoms with E-state index in [1.54, 1.807) is 36.4 Å². The number of amides is 1. The Morgan fingerprint density at radius 2 is 2.00 bits per heavy atom. The van der Waals surface area contributed by atoms with Crippen molar-refractivity contribution in [1.29, 1.82) is 5.26 Å². The second kappa shape index (κ2) is 6.03. The van der Waals surface area contributed by atoms with E-state index in [-0.39, 0.29) is 5.57 Å². The molecule has 0 unspecified atom stereocenters. The highest BCUT2D eigenvalue weighted by molar-refractivity contribution is 9.10. The van der Waals surface area contributed by atoms with Gasteiger partial charge in [0.15, 0.2) is 4.67 Å². The van der Waals surface area contributed by atoms with E-state index in [1.807, 2.05) is 12.1 Å². The van der Waals surface area contributed by atoms with Crippen molar-refractivity contribution < 1.29 is 9.21 Å². The van der Waals surface area contributed by atoms with Gasteiger partial charge in [0.25, 0.3) is 5.91 Å². The Hall–Kier alpha value is -2.32. The molecule has 94 valence electrons. The largest absolute Gasteiger partial charge is 0.450 e. The molecule has 0 aliphatic rings. The summed E-state index contributed by atoms with van der Waals surface area (Å²) in [6.07, 6.45) is 1.39. The van der Waals surface area contributed by atoms with Crippen molar-refractivity contribution in [2.45, 2.75) is 0 Å². The summed E-state index contributed by atoms with van der Waals surface area (Å²) in [5.74, 6) is -0.0344. The highest BCUT2D eigenvalue weighted by Gasteiger charge is 2.10. The topological polar surface area (TPSA) is 66.0 Å². The lowest BCUT2D eigenvalue weighted by Crippen LogP contribution is -2.13. The highest BCUT2D eigenvalue weighted by Crippen LogP contribution is 2.17. The molecule has 1 heterocycles. The molecular formula is C14H9BrN2O2. The quantitative estimate of drug-likeness (QED) is 0.695. The Balaban J connectivity index is 2.16. The second-order valence-corrected chi connectivity index (χ2v) is 4.41. The van der Waals surface area contributed by atoms with Crippen LogP contribution in [0.1, 0.15) is 5.76 Å². The van der Waals surface area contributed by atoms with Gasteiger partial charge in [0.05, 0.1) is 0 Å². The molecule has 0 saturated heterocycles. The standard InChI is InChI=1S/C14H9BrN2O2/c15-13-7-6-12(19-13)8-10(9-16)14(18)17-11-4-2-1-3-5-11/h1-8H,(H,17,18)/b10-8-. The Morgan fingerprint density at radius 1 is 1.26 bits per heavy atom. The molecule has 0 saturated carbocycles. The zero-order chi connectivity index (χ0) is 13.7. The van der Waals surface area contributed by atoms with Crippen LogP contribution in [0.15, 0.2) is 57.1 Å². The molecule has 2 aromatic rings. The van der Waals surface area contributed by atoms with Crippen LogP contribution in [0.25, 0.3) is 6.08 Å². The number of nitriles is 1. The summed E-state index contributed by atoms with van der Waals surface area (Å²) in [7, 11) is 0. The third kappa shape index (κ3) is 3.57. The number of anilines is 1. The van der Waals surface area contributed by atoms with E-state index >= 15 is 0 Å². The molecule has 0 bridgehead atoms. The predicted octanol–water partition coefficient (Wildman–Crippen LogP) is 3.59. The first-order valence-corrected chi connectivity index (χ1v) is 6.22. The van der Waals surface area contributed by atoms with E-state index in [2.05, 4.69) is 21.2 Å². The monoisotopic (exact) mass is 316 g/mol. The highest BCUT2D eigenvalue weighted by atomic mass is 79.9. The van der Waals surface area contributed by atoms with Gasteiger partial charge in [-0.3, -0.25) is 4.79 Å². The Bertz CT molecular complexity index is 654. The van der Waals surface area contributed by atoms with Gasteiger partial charge in [-0.2, -0.15) is 5.26 Å². The Kier molecular flexibility index (Phi) is 4.16. The molecule has 0 atom stereocenters. The molecule has 0 aliphatic heterocycles. The maximum absolute atomic E-state index is 11.9. The van der Waals surface area contributed by atoms with Crippen molar-refractivity contribution in [2.75, 3.05) is 5.32 Å². The maximum atomic E-state index is 11.9. The van der Waals surface area contributed by atoms with Crippen molar-refractivity contribution in [1.82, 2.24) is 0 Å².